The van der Waals surface area contributed by atoms with Crippen LogP contribution in [0.5, 0.6) is 0 Å². The van der Waals surface area contributed by atoms with Gasteiger partial charge in [0, 0.05) is 28.5 Å². The predicted octanol–water partition coefficient (Wildman–Crippen LogP) is 3.69. The molecule has 0 saturated heterocycles. The van der Waals surface area contributed by atoms with E-state index in [4.69, 9.17) is 4.52 Å². The molecule has 8 heteroatoms. The SMILES string of the molecule is Cc1cc(Br)ccc1NC(=O)CN(C)C(=O)CSCc1c(C)noc1C. The number of likely N-dealkylation sites (N-methyl/N-ethyl adjacent to an activating group) is 1. The molecule has 0 aliphatic heterocycles. The third-order valence-corrected chi connectivity index (χ3v) is 5.36. The van der Waals surface area contributed by atoms with Crippen LogP contribution < -0.4 is 5.32 Å². The summed E-state index contributed by atoms with van der Waals surface area (Å²) in [5, 5.41) is 6.74. The molecule has 0 radical (unpaired) electrons. The third-order valence-electron chi connectivity index (χ3n) is 3.92. The van der Waals surface area contributed by atoms with Crippen molar-refractivity contribution in [2.24, 2.45) is 0 Å². The number of nitrogens with one attached hydrogen (secondary N) is 1. The van der Waals surface area contributed by atoms with Crippen LogP contribution in [0, 0.1) is 20.8 Å². The van der Waals surface area contributed by atoms with Crippen molar-refractivity contribution < 1.29 is 14.1 Å². The minimum absolute atomic E-state index is 0.0141. The van der Waals surface area contributed by atoms with Gasteiger partial charge in [-0.3, -0.25) is 9.59 Å². The summed E-state index contributed by atoms with van der Waals surface area (Å²) in [7, 11) is 1.63. The number of carbonyl (C=O) groups excluding carboxylic acids is 2. The van der Waals surface area contributed by atoms with Crippen LogP contribution in [0.4, 0.5) is 5.69 Å². The van der Waals surface area contributed by atoms with E-state index in [0.717, 1.165) is 32.7 Å². The lowest BCUT2D eigenvalue weighted by Crippen LogP contribution is -2.36. The lowest BCUT2D eigenvalue weighted by Gasteiger charge is -2.17. The molecule has 2 amide bonds. The van der Waals surface area contributed by atoms with Crippen LogP contribution in [-0.4, -0.2) is 41.2 Å². The van der Waals surface area contributed by atoms with Crippen LogP contribution in [0.25, 0.3) is 0 Å². The van der Waals surface area contributed by atoms with E-state index in [1.807, 2.05) is 39.0 Å². The molecule has 0 fully saturated rings. The fourth-order valence-corrected chi connectivity index (χ4v) is 3.91. The van der Waals surface area contributed by atoms with Gasteiger partial charge in [0.25, 0.3) is 0 Å². The summed E-state index contributed by atoms with van der Waals surface area (Å²) >= 11 is 4.87. The molecule has 0 bridgehead atoms. The first-order chi connectivity index (χ1) is 12.3. The molecule has 0 aliphatic rings. The van der Waals surface area contributed by atoms with Gasteiger partial charge >= 0.3 is 0 Å². The molecule has 1 aromatic heterocycles. The molecular weight excluding hydrogens is 418 g/mol. The van der Waals surface area contributed by atoms with E-state index in [0.29, 0.717) is 11.5 Å². The van der Waals surface area contributed by atoms with Gasteiger partial charge in [0.05, 0.1) is 18.0 Å². The number of halogens is 1. The van der Waals surface area contributed by atoms with Gasteiger partial charge in [-0.1, -0.05) is 21.1 Å². The normalized spacial score (nSPS) is 10.7. The number of aromatic nitrogens is 1. The average Bonchev–Trinajstić information content (AvgIpc) is 2.89. The third kappa shape index (κ3) is 5.60. The maximum absolute atomic E-state index is 12.2. The zero-order valence-corrected chi connectivity index (χ0v) is 17.7. The van der Waals surface area contributed by atoms with Crippen molar-refractivity contribution in [3.8, 4) is 0 Å². The second-order valence-electron chi connectivity index (χ2n) is 6.05. The highest BCUT2D eigenvalue weighted by molar-refractivity contribution is 9.10. The van der Waals surface area contributed by atoms with Crippen LogP contribution in [-0.2, 0) is 15.3 Å². The smallest absolute Gasteiger partial charge is 0.243 e. The van der Waals surface area contributed by atoms with Crippen molar-refractivity contribution in [1.82, 2.24) is 10.1 Å². The van der Waals surface area contributed by atoms with Gasteiger partial charge in [0.2, 0.25) is 11.8 Å². The number of thioether (sulfide) groups is 1. The molecule has 1 aromatic carbocycles. The lowest BCUT2D eigenvalue weighted by atomic mass is 10.2. The topological polar surface area (TPSA) is 75.4 Å². The number of benzene rings is 1. The summed E-state index contributed by atoms with van der Waals surface area (Å²) in [6.45, 7) is 5.67. The van der Waals surface area contributed by atoms with Crippen molar-refractivity contribution in [2.45, 2.75) is 26.5 Å². The molecule has 1 heterocycles. The van der Waals surface area contributed by atoms with E-state index in [1.54, 1.807) is 7.05 Å². The molecule has 6 nitrogen and oxygen atoms in total. The molecule has 2 aromatic rings. The Labute approximate surface area is 165 Å². The Balaban J connectivity index is 1.79. The van der Waals surface area contributed by atoms with Crippen LogP contribution >= 0.6 is 27.7 Å². The Morgan fingerprint density at radius 1 is 1.31 bits per heavy atom. The van der Waals surface area contributed by atoms with E-state index >= 15 is 0 Å². The quantitative estimate of drug-likeness (QED) is 0.711. The summed E-state index contributed by atoms with van der Waals surface area (Å²) in [4.78, 5) is 25.8. The van der Waals surface area contributed by atoms with E-state index in [1.165, 1.54) is 16.7 Å². The van der Waals surface area contributed by atoms with E-state index in [2.05, 4.69) is 26.4 Å². The second kappa shape index (κ2) is 9.23. The van der Waals surface area contributed by atoms with Crippen molar-refractivity contribution in [3.05, 3.63) is 45.3 Å². The minimum Gasteiger partial charge on any atom is -0.361 e. The van der Waals surface area contributed by atoms with Crippen molar-refractivity contribution >= 4 is 45.2 Å². The maximum atomic E-state index is 12.2. The number of amides is 2. The average molecular weight is 440 g/mol. The zero-order valence-electron chi connectivity index (χ0n) is 15.3. The Morgan fingerprint density at radius 3 is 2.65 bits per heavy atom. The molecule has 0 spiro atoms. The fourth-order valence-electron chi connectivity index (χ4n) is 2.32. The van der Waals surface area contributed by atoms with Gasteiger partial charge in [0.1, 0.15) is 5.76 Å². The van der Waals surface area contributed by atoms with Crippen molar-refractivity contribution in [1.29, 1.82) is 0 Å². The Bertz CT molecular complexity index is 787. The Kier molecular flexibility index (Phi) is 7.28. The van der Waals surface area contributed by atoms with Gasteiger partial charge in [-0.05, 0) is 44.5 Å². The van der Waals surface area contributed by atoms with E-state index in [-0.39, 0.29) is 18.4 Å². The molecule has 2 rings (SSSR count). The molecular formula is C18H22BrN3O3S. The molecule has 140 valence electrons. The van der Waals surface area contributed by atoms with Gasteiger partial charge in [0.15, 0.2) is 0 Å². The summed E-state index contributed by atoms with van der Waals surface area (Å²) in [5.74, 6) is 1.42. The lowest BCUT2D eigenvalue weighted by molar-refractivity contribution is -0.131. The minimum atomic E-state index is -0.220. The molecule has 0 atom stereocenters. The van der Waals surface area contributed by atoms with Gasteiger partial charge in [-0.25, -0.2) is 0 Å². The highest BCUT2D eigenvalue weighted by atomic mass is 79.9. The molecule has 1 N–H and O–H groups in total. The summed E-state index contributed by atoms with van der Waals surface area (Å²) < 4.78 is 6.07. The van der Waals surface area contributed by atoms with E-state index in [9.17, 15) is 9.59 Å². The Hall–Kier alpha value is -1.80. The number of nitrogens with zero attached hydrogens (tertiary/aromatic N) is 2. The standard InChI is InChI=1S/C18H22BrN3O3S/c1-11-7-14(19)5-6-16(11)20-17(23)8-22(4)18(24)10-26-9-15-12(2)21-25-13(15)3/h5-7H,8-10H2,1-4H3,(H,20,23). The number of anilines is 1. The first kappa shape index (κ1) is 20.5. The zero-order chi connectivity index (χ0) is 19.3. The van der Waals surface area contributed by atoms with Crippen LogP contribution in [0.15, 0.2) is 27.2 Å². The van der Waals surface area contributed by atoms with Crippen LogP contribution in [0.1, 0.15) is 22.6 Å². The summed E-state index contributed by atoms with van der Waals surface area (Å²) in [6.07, 6.45) is 0. The predicted molar refractivity (Wildman–Crippen MR) is 107 cm³/mol. The highest BCUT2D eigenvalue weighted by Gasteiger charge is 2.15. The van der Waals surface area contributed by atoms with Crippen molar-refractivity contribution in [2.75, 3.05) is 24.7 Å². The van der Waals surface area contributed by atoms with Crippen LogP contribution in [0.3, 0.4) is 0 Å². The second-order valence-corrected chi connectivity index (χ2v) is 7.95. The van der Waals surface area contributed by atoms with Crippen LogP contribution in [0.2, 0.25) is 0 Å². The monoisotopic (exact) mass is 439 g/mol. The molecule has 0 aliphatic carbocycles. The molecule has 0 unspecified atom stereocenters. The number of rotatable bonds is 7. The molecule has 26 heavy (non-hydrogen) atoms. The van der Waals surface area contributed by atoms with E-state index < -0.39 is 0 Å². The Morgan fingerprint density at radius 2 is 2.04 bits per heavy atom. The van der Waals surface area contributed by atoms with Crippen molar-refractivity contribution in [3.63, 3.8) is 0 Å². The fraction of sp³-hybridized carbons (Fsp3) is 0.389. The number of carbonyl (C=O) groups is 2. The molecule has 0 saturated carbocycles. The first-order valence-corrected chi connectivity index (χ1v) is 10.0. The largest absolute Gasteiger partial charge is 0.361 e. The highest BCUT2D eigenvalue weighted by Crippen LogP contribution is 2.21. The van der Waals surface area contributed by atoms with Gasteiger partial charge in [-0.2, -0.15) is 0 Å². The van der Waals surface area contributed by atoms with Gasteiger partial charge < -0.3 is 14.7 Å². The summed E-state index contributed by atoms with van der Waals surface area (Å²) in [6, 6.07) is 5.62. The first-order valence-electron chi connectivity index (χ1n) is 8.07. The number of hydrogen-bond donors (Lipinski definition) is 1. The number of aryl methyl sites for hydroxylation is 3. The number of hydrogen-bond acceptors (Lipinski definition) is 5. The van der Waals surface area contributed by atoms with Gasteiger partial charge in [-0.15, -0.1) is 11.8 Å². The summed E-state index contributed by atoms with van der Waals surface area (Å²) in [5.41, 5.74) is 3.57. The maximum Gasteiger partial charge on any atom is 0.243 e.